The van der Waals surface area contributed by atoms with E-state index < -0.39 is 0 Å². The van der Waals surface area contributed by atoms with Crippen LogP contribution < -0.4 is 5.73 Å². The lowest BCUT2D eigenvalue weighted by Crippen LogP contribution is -2.27. The summed E-state index contributed by atoms with van der Waals surface area (Å²) in [6, 6.07) is 4.36. The molecule has 1 saturated carbocycles. The topological polar surface area (TPSA) is 52.3 Å². The Hall–Kier alpha value is -0.870. The summed E-state index contributed by atoms with van der Waals surface area (Å²) in [6.07, 6.45) is 7.08. The van der Waals surface area contributed by atoms with Crippen molar-refractivity contribution >= 4 is 17.3 Å². The Labute approximate surface area is 125 Å². The highest BCUT2D eigenvalue weighted by molar-refractivity contribution is 7.12. The second kappa shape index (κ2) is 6.72. The first-order chi connectivity index (χ1) is 9.58. The van der Waals surface area contributed by atoms with E-state index in [1.165, 1.54) is 29.7 Å². The molecule has 0 bridgehead atoms. The highest BCUT2D eigenvalue weighted by Crippen LogP contribution is 2.47. The van der Waals surface area contributed by atoms with Crippen LogP contribution in [0.5, 0.6) is 0 Å². The number of carbonyl (C=O) groups is 1. The van der Waals surface area contributed by atoms with Crippen molar-refractivity contribution in [1.82, 2.24) is 0 Å². The van der Waals surface area contributed by atoms with Gasteiger partial charge < -0.3 is 10.5 Å². The van der Waals surface area contributed by atoms with Gasteiger partial charge in [0.05, 0.1) is 13.5 Å². The molecule has 0 aliphatic heterocycles. The molecule has 20 heavy (non-hydrogen) atoms. The van der Waals surface area contributed by atoms with Crippen molar-refractivity contribution in [2.24, 2.45) is 11.1 Å². The van der Waals surface area contributed by atoms with Crippen LogP contribution in [0.2, 0.25) is 0 Å². The minimum Gasteiger partial charge on any atom is -0.469 e. The molecule has 1 atom stereocenters. The molecule has 0 aromatic carbocycles. The molecule has 0 radical (unpaired) electrons. The third kappa shape index (κ3) is 3.61. The van der Waals surface area contributed by atoms with Crippen LogP contribution in [0, 0.1) is 5.41 Å². The molecule has 112 valence electrons. The third-order valence-corrected chi connectivity index (χ3v) is 5.82. The first-order valence-corrected chi connectivity index (χ1v) is 8.31. The minimum absolute atomic E-state index is 0.0445. The molecule has 1 fully saturated rings. The molecule has 0 saturated heterocycles. The highest BCUT2D eigenvalue weighted by atomic mass is 32.1. The van der Waals surface area contributed by atoms with Gasteiger partial charge in [-0.2, -0.15) is 0 Å². The number of hydrogen-bond donors (Lipinski definition) is 1. The van der Waals surface area contributed by atoms with E-state index in [1.807, 2.05) is 0 Å². The minimum atomic E-state index is -0.0977. The zero-order valence-electron chi connectivity index (χ0n) is 12.5. The summed E-state index contributed by atoms with van der Waals surface area (Å²) >= 11 is 1.81. The summed E-state index contributed by atoms with van der Waals surface area (Å²) in [7, 11) is 1.47. The van der Waals surface area contributed by atoms with Crippen LogP contribution >= 0.6 is 11.3 Å². The fourth-order valence-electron chi connectivity index (χ4n) is 3.31. The number of rotatable bonds is 6. The molecular formula is C16H25NO2S. The second-order valence-corrected chi connectivity index (χ2v) is 7.13. The quantitative estimate of drug-likeness (QED) is 0.812. The van der Waals surface area contributed by atoms with E-state index in [2.05, 4.69) is 19.1 Å². The Balaban J connectivity index is 2.05. The number of carbonyl (C=O) groups excluding carboxylic acids is 1. The maximum atomic E-state index is 11.7. The van der Waals surface area contributed by atoms with Crippen molar-refractivity contribution in [2.75, 3.05) is 7.11 Å². The fourth-order valence-corrected chi connectivity index (χ4v) is 4.26. The summed E-state index contributed by atoms with van der Waals surface area (Å²) < 4.78 is 4.87. The maximum absolute atomic E-state index is 11.7. The van der Waals surface area contributed by atoms with Crippen LogP contribution in [0.3, 0.4) is 0 Å². The van der Waals surface area contributed by atoms with Crippen molar-refractivity contribution in [3.8, 4) is 0 Å². The first-order valence-electron chi connectivity index (χ1n) is 7.49. The van der Waals surface area contributed by atoms with Crippen molar-refractivity contribution in [2.45, 2.75) is 57.9 Å². The smallest absolute Gasteiger partial charge is 0.306 e. The molecule has 1 aromatic heterocycles. The predicted octanol–water partition coefficient (Wildman–Crippen LogP) is 3.82. The summed E-state index contributed by atoms with van der Waals surface area (Å²) in [4.78, 5) is 14.3. The number of hydrogen-bond acceptors (Lipinski definition) is 4. The SMILES string of the molecule is CCc1ccc(C(N)CC2(CC(=O)OC)CCCC2)s1. The lowest BCUT2D eigenvalue weighted by molar-refractivity contribution is -0.143. The molecule has 1 aliphatic carbocycles. The number of methoxy groups -OCH3 is 1. The van der Waals surface area contributed by atoms with Crippen molar-refractivity contribution in [1.29, 1.82) is 0 Å². The lowest BCUT2D eigenvalue weighted by atomic mass is 9.77. The summed E-state index contributed by atoms with van der Waals surface area (Å²) in [5.74, 6) is -0.0977. The molecule has 1 aromatic rings. The third-order valence-electron chi connectivity index (χ3n) is 4.46. The lowest BCUT2D eigenvalue weighted by Gasteiger charge is -2.30. The molecule has 2 N–H and O–H groups in total. The maximum Gasteiger partial charge on any atom is 0.306 e. The standard InChI is InChI=1S/C16H25NO2S/c1-3-12-6-7-14(20-12)13(17)10-16(8-4-5-9-16)11-15(18)19-2/h6-7,13H,3-5,8-11,17H2,1-2H3. The van der Waals surface area contributed by atoms with Gasteiger partial charge in [-0.25, -0.2) is 0 Å². The van der Waals surface area contributed by atoms with Gasteiger partial charge in [-0.3, -0.25) is 4.79 Å². The van der Waals surface area contributed by atoms with Gasteiger partial charge in [0.15, 0.2) is 0 Å². The van der Waals surface area contributed by atoms with Gasteiger partial charge in [0.25, 0.3) is 0 Å². The Morgan fingerprint density at radius 1 is 1.45 bits per heavy atom. The number of thiophene rings is 1. The molecule has 4 heteroatoms. The van der Waals surface area contributed by atoms with Crippen LogP contribution in [0.25, 0.3) is 0 Å². The van der Waals surface area contributed by atoms with Crippen molar-refractivity contribution in [3.63, 3.8) is 0 Å². The molecule has 1 heterocycles. The number of esters is 1. The molecule has 2 rings (SSSR count). The van der Waals surface area contributed by atoms with Crippen LogP contribution in [0.4, 0.5) is 0 Å². The Morgan fingerprint density at radius 2 is 2.15 bits per heavy atom. The van der Waals surface area contributed by atoms with Gasteiger partial charge in [0.1, 0.15) is 0 Å². The molecular weight excluding hydrogens is 270 g/mol. The molecule has 1 unspecified atom stereocenters. The van der Waals surface area contributed by atoms with Gasteiger partial charge in [0, 0.05) is 15.8 Å². The van der Waals surface area contributed by atoms with Crippen LogP contribution in [0.1, 0.15) is 61.2 Å². The zero-order chi connectivity index (χ0) is 14.6. The summed E-state index contributed by atoms with van der Waals surface area (Å²) in [5, 5.41) is 0. The van der Waals surface area contributed by atoms with Gasteiger partial charge in [0.2, 0.25) is 0 Å². The number of ether oxygens (including phenoxy) is 1. The van der Waals surface area contributed by atoms with Crippen LogP contribution in [-0.2, 0) is 16.0 Å². The number of nitrogens with two attached hydrogens (primary N) is 1. The van der Waals surface area contributed by atoms with E-state index in [9.17, 15) is 4.79 Å². The second-order valence-electron chi connectivity index (χ2n) is 5.93. The van der Waals surface area contributed by atoms with E-state index in [0.29, 0.717) is 6.42 Å². The zero-order valence-corrected chi connectivity index (χ0v) is 13.3. The van der Waals surface area contributed by atoms with E-state index in [4.69, 9.17) is 10.5 Å². The van der Waals surface area contributed by atoms with Crippen LogP contribution in [-0.4, -0.2) is 13.1 Å². The fraction of sp³-hybridized carbons (Fsp3) is 0.688. The van der Waals surface area contributed by atoms with Crippen molar-refractivity contribution in [3.05, 3.63) is 21.9 Å². The van der Waals surface area contributed by atoms with Gasteiger partial charge >= 0.3 is 5.97 Å². The van der Waals surface area contributed by atoms with Crippen LogP contribution in [0.15, 0.2) is 12.1 Å². The Kier molecular flexibility index (Phi) is 5.22. The largest absolute Gasteiger partial charge is 0.469 e. The molecule has 3 nitrogen and oxygen atoms in total. The number of aryl methyl sites for hydroxylation is 1. The average Bonchev–Trinajstić information content (AvgIpc) is 3.07. The van der Waals surface area contributed by atoms with E-state index in [1.54, 1.807) is 11.3 Å². The summed E-state index contributed by atoms with van der Waals surface area (Å²) in [5.41, 5.74) is 6.46. The highest BCUT2D eigenvalue weighted by Gasteiger charge is 2.38. The predicted molar refractivity (Wildman–Crippen MR) is 82.8 cm³/mol. The van der Waals surface area contributed by atoms with Gasteiger partial charge in [-0.15, -0.1) is 11.3 Å². The van der Waals surface area contributed by atoms with Gasteiger partial charge in [-0.05, 0) is 43.2 Å². The van der Waals surface area contributed by atoms with E-state index >= 15 is 0 Å². The average molecular weight is 295 g/mol. The van der Waals surface area contributed by atoms with Gasteiger partial charge in [-0.1, -0.05) is 19.8 Å². The molecule has 0 spiro atoms. The molecule has 1 aliphatic rings. The summed E-state index contributed by atoms with van der Waals surface area (Å²) in [6.45, 7) is 2.16. The monoisotopic (exact) mass is 295 g/mol. The normalized spacial score (nSPS) is 18.9. The van der Waals surface area contributed by atoms with E-state index in [-0.39, 0.29) is 17.4 Å². The first kappa shape index (κ1) is 15.5. The Morgan fingerprint density at radius 3 is 2.70 bits per heavy atom. The van der Waals surface area contributed by atoms with Crippen molar-refractivity contribution < 1.29 is 9.53 Å². The van der Waals surface area contributed by atoms with E-state index in [0.717, 1.165) is 25.7 Å². The molecule has 0 amide bonds. The Bertz CT molecular complexity index is 449.